The molecule has 0 bridgehead atoms. The number of ketones is 1. The number of aromatic hydroxyl groups is 3. The third kappa shape index (κ3) is 4.54. The standard InChI is InChI=1S/C21H20O5/c1-13(2)4-7-15-10-14(5-8-17(15)23)6-9-18(24)21-19(25)11-16(22)12-20(21)26-3/h4-12,22-23,25H,1H2,2-3H3. The lowest BCUT2D eigenvalue weighted by Crippen LogP contribution is -1.99. The highest BCUT2D eigenvalue weighted by Crippen LogP contribution is 2.33. The van der Waals surface area contributed by atoms with E-state index in [4.69, 9.17) is 4.74 Å². The van der Waals surface area contributed by atoms with Gasteiger partial charge in [0.25, 0.3) is 0 Å². The van der Waals surface area contributed by atoms with Crippen LogP contribution in [0.1, 0.15) is 28.4 Å². The van der Waals surface area contributed by atoms with E-state index in [0.717, 1.165) is 11.6 Å². The molecule has 0 saturated carbocycles. The molecule has 0 unspecified atom stereocenters. The van der Waals surface area contributed by atoms with Crippen LogP contribution >= 0.6 is 0 Å². The molecule has 0 atom stereocenters. The fourth-order valence-corrected chi connectivity index (χ4v) is 2.29. The van der Waals surface area contributed by atoms with Crippen molar-refractivity contribution in [2.45, 2.75) is 6.92 Å². The largest absolute Gasteiger partial charge is 0.508 e. The molecule has 5 heteroatoms. The van der Waals surface area contributed by atoms with Crippen LogP contribution in [-0.2, 0) is 0 Å². The van der Waals surface area contributed by atoms with Crippen LogP contribution in [0, 0.1) is 0 Å². The summed E-state index contributed by atoms with van der Waals surface area (Å²) in [5, 5.41) is 29.3. The van der Waals surface area contributed by atoms with E-state index in [2.05, 4.69) is 6.58 Å². The lowest BCUT2D eigenvalue weighted by molar-refractivity contribution is 0.104. The molecular weight excluding hydrogens is 332 g/mol. The van der Waals surface area contributed by atoms with Crippen molar-refractivity contribution in [3.8, 4) is 23.0 Å². The highest BCUT2D eigenvalue weighted by atomic mass is 16.5. The second kappa shape index (κ2) is 8.07. The molecule has 0 amide bonds. The number of carbonyl (C=O) groups is 1. The van der Waals surface area contributed by atoms with Gasteiger partial charge >= 0.3 is 0 Å². The zero-order valence-corrected chi connectivity index (χ0v) is 14.6. The Balaban J connectivity index is 2.32. The van der Waals surface area contributed by atoms with E-state index < -0.39 is 5.78 Å². The van der Waals surface area contributed by atoms with Crippen molar-refractivity contribution >= 4 is 17.9 Å². The fourth-order valence-electron chi connectivity index (χ4n) is 2.29. The molecular formula is C21H20O5. The van der Waals surface area contributed by atoms with Gasteiger partial charge in [0.1, 0.15) is 28.6 Å². The van der Waals surface area contributed by atoms with Crippen molar-refractivity contribution in [3.05, 3.63) is 71.3 Å². The molecule has 0 aliphatic heterocycles. The zero-order chi connectivity index (χ0) is 19.3. The molecule has 3 N–H and O–H groups in total. The normalized spacial score (nSPS) is 11.2. The van der Waals surface area contributed by atoms with Crippen LogP contribution in [0.15, 0.2) is 54.6 Å². The Kier molecular flexibility index (Phi) is 5.86. The molecule has 0 saturated heterocycles. The smallest absolute Gasteiger partial charge is 0.193 e. The van der Waals surface area contributed by atoms with Crippen LogP contribution in [0.4, 0.5) is 0 Å². The Bertz CT molecular complexity index is 907. The molecule has 2 aromatic carbocycles. The van der Waals surface area contributed by atoms with Gasteiger partial charge in [-0.1, -0.05) is 36.4 Å². The highest BCUT2D eigenvalue weighted by Gasteiger charge is 2.16. The second-order valence-electron chi connectivity index (χ2n) is 5.74. The topological polar surface area (TPSA) is 87.0 Å². The van der Waals surface area contributed by atoms with E-state index in [1.807, 2.05) is 6.92 Å². The predicted octanol–water partition coefficient (Wildman–Crippen LogP) is 4.30. The first-order valence-corrected chi connectivity index (χ1v) is 7.80. The number of phenolic OH excluding ortho intramolecular Hbond substituents is 3. The van der Waals surface area contributed by atoms with Crippen LogP contribution in [0.25, 0.3) is 12.2 Å². The van der Waals surface area contributed by atoms with E-state index in [9.17, 15) is 20.1 Å². The van der Waals surface area contributed by atoms with Gasteiger partial charge in [-0.05, 0) is 30.7 Å². The maximum Gasteiger partial charge on any atom is 0.193 e. The molecule has 0 fully saturated rings. The minimum Gasteiger partial charge on any atom is -0.508 e. The van der Waals surface area contributed by atoms with Crippen LogP contribution in [0.2, 0.25) is 0 Å². The number of hydrogen-bond donors (Lipinski definition) is 3. The molecule has 0 aromatic heterocycles. The van der Waals surface area contributed by atoms with Crippen LogP contribution in [-0.4, -0.2) is 28.2 Å². The average Bonchev–Trinajstić information content (AvgIpc) is 2.58. The first-order chi connectivity index (χ1) is 12.3. The van der Waals surface area contributed by atoms with Gasteiger partial charge in [0.15, 0.2) is 5.78 Å². The number of hydrogen-bond acceptors (Lipinski definition) is 5. The Morgan fingerprint density at radius 2 is 1.77 bits per heavy atom. The monoisotopic (exact) mass is 352 g/mol. The van der Waals surface area contributed by atoms with Gasteiger partial charge in [-0.15, -0.1) is 0 Å². The van der Waals surface area contributed by atoms with Gasteiger partial charge in [-0.2, -0.15) is 0 Å². The number of allylic oxidation sites excluding steroid dienone is 3. The van der Waals surface area contributed by atoms with E-state index in [1.165, 1.54) is 25.3 Å². The van der Waals surface area contributed by atoms with Gasteiger partial charge in [0.05, 0.1) is 7.11 Å². The molecule has 2 rings (SSSR count). The van der Waals surface area contributed by atoms with Crippen molar-refractivity contribution in [2.75, 3.05) is 7.11 Å². The lowest BCUT2D eigenvalue weighted by atomic mass is 10.0. The molecule has 2 aromatic rings. The van der Waals surface area contributed by atoms with E-state index in [1.54, 1.807) is 30.4 Å². The number of benzene rings is 2. The third-order valence-electron chi connectivity index (χ3n) is 3.56. The first kappa shape index (κ1) is 18.9. The number of carbonyl (C=O) groups excluding carboxylic acids is 1. The third-order valence-corrected chi connectivity index (χ3v) is 3.56. The van der Waals surface area contributed by atoms with Crippen LogP contribution in [0.3, 0.4) is 0 Å². The summed E-state index contributed by atoms with van der Waals surface area (Å²) in [5.41, 5.74) is 2.08. The first-order valence-electron chi connectivity index (χ1n) is 7.80. The highest BCUT2D eigenvalue weighted by molar-refractivity contribution is 6.10. The Hall–Kier alpha value is -3.47. The van der Waals surface area contributed by atoms with E-state index in [-0.39, 0.29) is 28.6 Å². The summed E-state index contributed by atoms with van der Waals surface area (Å²) in [7, 11) is 1.34. The number of methoxy groups -OCH3 is 1. The summed E-state index contributed by atoms with van der Waals surface area (Å²) >= 11 is 0. The van der Waals surface area contributed by atoms with Crippen LogP contribution < -0.4 is 4.74 Å². The summed E-state index contributed by atoms with van der Waals surface area (Å²) in [5.74, 6) is -0.858. The maximum atomic E-state index is 12.4. The van der Waals surface area contributed by atoms with Gasteiger partial charge in [0.2, 0.25) is 0 Å². The lowest BCUT2D eigenvalue weighted by Gasteiger charge is -2.08. The summed E-state index contributed by atoms with van der Waals surface area (Å²) in [6.07, 6.45) is 6.34. The summed E-state index contributed by atoms with van der Waals surface area (Å²) in [6, 6.07) is 7.23. The van der Waals surface area contributed by atoms with Crippen molar-refractivity contribution in [1.82, 2.24) is 0 Å². The van der Waals surface area contributed by atoms with Crippen molar-refractivity contribution in [1.29, 1.82) is 0 Å². The van der Waals surface area contributed by atoms with Crippen molar-refractivity contribution < 1.29 is 24.9 Å². The van der Waals surface area contributed by atoms with Gasteiger partial charge in [-0.25, -0.2) is 0 Å². The fraction of sp³-hybridized carbons (Fsp3) is 0.0952. The molecule has 5 nitrogen and oxygen atoms in total. The van der Waals surface area contributed by atoms with Crippen molar-refractivity contribution in [3.63, 3.8) is 0 Å². The predicted molar refractivity (Wildman–Crippen MR) is 102 cm³/mol. The molecule has 0 radical (unpaired) electrons. The second-order valence-corrected chi connectivity index (χ2v) is 5.74. The summed E-state index contributed by atoms with van der Waals surface area (Å²) in [6.45, 7) is 5.61. The summed E-state index contributed by atoms with van der Waals surface area (Å²) in [4.78, 5) is 12.4. The molecule has 134 valence electrons. The van der Waals surface area contributed by atoms with Crippen LogP contribution in [0.5, 0.6) is 23.0 Å². The number of ether oxygens (including phenoxy) is 1. The Morgan fingerprint density at radius 1 is 1.04 bits per heavy atom. The van der Waals surface area contributed by atoms with E-state index in [0.29, 0.717) is 11.1 Å². The minimum absolute atomic E-state index is 0.0391. The zero-order valence-electron chi connectivity index (χ0n) is 14.6. The molecule has 0 aliphatic rings. The number of rotatable bonds is 6. The SMILES string of the molecule is C=C(C)C=Cc1cc(C=CC(=O)c2c(O)cc(O)cc2OC)ccc1O. The average molecular weight is 352 g/mol. The van der Waals surface area contributed by atoms with E-state index >= 15 is 0 Å². The van der Waals surface area contributed by atoms with Gasteiger partial charge in [0, 0.05) is 17.7 Å². The minimum atomic E-state index is -0.480. The quantitative estimate of drug-likeness (QED) is 0.410. The molecule has 0 spiro atoms. The molecule has 0 heterocycles. The van der Waals surface area contributed by atoms with Crippen molar-refractivity contribution in [2.24, 2.45) is 0 Å². The Labute approximate surface area is 151 Å². The maximum absolute atomic E-state index is 12.4. The van der Waals surface area contributed by atoms with Gasteiger partial charge < -0.3 is 20.1 Å². The molecule has 0 aliphatic carbocycles. The van der Waals surface area contributed by atoms with Gasteiger partial charge in [-0.3, -0.25) is 4.79 Å². The molecule has 26 heavy (non-hydrogen) atoms. The summed E-state index contributed by atoms with van der Waals surface area (Å²) < 4.78 is 5.04. The number of phenols is 3. The Morgan fingerprint density at radius 3 is 2.42 bits per heavy atom.